The Bertz CT molecular complexity index is 330. The van der Waals surface area contributed by atoms with Gasteiger partial charge in [0.2, 0.25) is 0 Å². The van der Waals surface area contributed by atoms with Crippen molar-refractivity contribution in [3.05, 3.63) is 17.8 Å². The molecule has 0 aromatic carbocycles. The maximum Gasteiger partial charge on any atom is 0.254 e. The van der Waals surface area contributed by atoms with Crippen molar-refractivity contribution >= 4 is 5.57 Å². The molecule has 0 amide bonds. The van der Waals surface area contributed by atoms with Crippen LogP contribution in [0, 0.1) is 0 Å². The molecule has 0 fully saturated rings. The van der Waals surface area contributed by atoms with Crippen molar-refractivity contribution in [1.82, 2.24) is 15.5 Å². The number of hydrogen-bond acceptors (Lipinski definition) is 4. The number of nitrogens with one attached hydrogen (secondary N) is 1. The summed E-state index contributed by atoms with van der Waals surface area (Å²) in [5.41, 5.74) is 1.13. The molecular formula is C10H15N3O. The average Bonchev–Trinajstić information content (AvgIpc) is 2.68. The zero-order valence-corrected chi connectivity index (χ0v) is 8.42. The van der Waals surface area contributed by atoms with Crippen LogP contribution >= 0.6 is 0 Å². The quantitative estimate of drug-likeness (QED) is 0.788. The van der Waals surface area contributed by atoms with Crippen molar-refractivity contribution in [2.45, 2.75) is 26.2 Å². The Morgan fingerprint density at radius 2 is 2.50 bits per heavy atom. The minimum Gasteiger partial charge on any atom is -0.334 e. The van der Waals surface area contributed by atoms with E-state index in [0.717, 1.165) is 43.7 Å². The van der Waals surface area contributed by atoms with Gasteiger partial charge in [0.1, 0.15) is 0 Å². The summed E-state index contributed by atoms with van der Waals surface area (Å²) in [6.45, 7) is 3.99. The van der Waals surface area contributed by atoms with Crippen molar-refractivity contribution in [1.29, 1.82) is 0 Å². The van der Waals surface area contributed by atoms with Gasteiger partial charge in [0.05, 0.1) is 0 Å². The molecule has 1 aromatic heterocycles. The maximum absolute atomic E-state index is 5.19. The molecule has 2 rings (SSSR count). The highest BCUT2D eigenvalue weighted by Crippen LogP contribution is 2.14. The third-order valence-electron chi connectivity index (χ3n) is 2.24. The maximum atomic E-state index is 5.19. The van der Waals surface area contributed by atoms with Gasteiger partial charge in [-0.15, -0.1) is 0 Å². The highest BCUT2D eigenvalue weighted by molar-refractivity contribution is 5.60. The van der Waals surface area contributed by atoms with Crippen LogP contribution in [0.3, 0.4) is 0 Å². The van der Waals surface area contributed by atoms with E-state index in [9.17, 15) is 0 Å². The number of hydrogen-bond donors (Lipinski definition) is 1. The summed E-state index contributed by atoms with van der Waals surface area (Å²) in [5, 5.41) is 7.20. The lowest BCUT2D eigenvalue weighted by atomic mass is 10.1. The number of aromatic nitrogens is 2. The van der Waals surface area contributed by atoms with E-state index in [0.29, 0.717) is 5.89 Å². The molecule has 0 saturated heterocycles. The molecule has 4 heteroatoms. The van der Waals surface area contributed by atoms with Crippen LogP contribution < -0.4 is 5.32 Å². The summed E-state index contributed by atoms with van der Waals surface area (Å²) in [7, 11) is 0. The first-order valence-electron chi connectivity index (χ1n) is 5.13. The van der Waals surface area contributed by atoms with Gasteiger partial charge in [-0.25, -0.2) is 0 Å². The van der Waals surface area contributed by atoms with Crippen LogP contribution in [0.15, 0.2) is 10.6 Å². The highest BCUT2D eigenvalue weighted by Gasteiger charge is 2.12. The molecule has 76 valence electrons. The van der Waals surface area contributed by atoms with Crippen LogP contribution in [0.1, 0.15) is 31.5 Å². The first-order chi connectivity index (χ1) is 6.90. The Hall–Kier alpha value is -1.16. The Morgan fingerprint density at radius 3 is 3.21 bits per heavy atom. The lowest BCUT2D eigenvalue weighted by Gasteiger charge is -2.09. The number of nitrogens with zero attached hydrogens (tertiary/aromatic N) is 2. The van der Waals surface area contributed by atoms with E-state index in [1.807, 2.05) is 0 Å². The monoisotopic (exact) mass is 193 g/mol. The van der Waals surface area contributed by atoms with E-state index in [1.165, 1.54) is 0 Å². The lowest BCUT2D eigenvalue weighted by molar-refractivity contribution is 0.398. The first kappa shape index (κ1) is 9.40. The van der Waals surface area contributed by atoms with E-state index < -0.39 is 0 Å². The zero-order valence-electron chi connectivity index (χ0n) is 8.42. The van der Waals surface area contributed by atoms with Gasteiger partial charge in [0.25, 0.3) is 5.89 Å². The molecule has 1 aliphatic heterocycles. The molecule has 0 spiro atoms. The molecule has 1 N–H and O–H groups in total. The van der Waals surface area contributed by atoms with E-state index in [2.05, 4.69) is 28.5 Å². The van der Waals surface area contributed by atoms with Gasteiger partial charge in [-0.05, 0) is 19.4 Å². The first-order valence-corrected chi connectivity index (χ1v) is 5.13. The van der Waals surface area contributed by atoms with Gasteiger partial charge in [0.15, 0.2) is 5.82 Å². The van der Waals surface area contributed by atoms with Gasteiger partial charge >= 0.3 is 0 Å². The molecule has 0 bridgehead atoms. The van der Waals surface area contributed by atoms with E-state index in [1.54, 1.807) is 0 Å². The van der Waals surface area contributed by atoms with Crippen LogP contribution in [-0.2, 0) is 6.42 Å². The molecule has 1 aliphatic rings. The molecule has 0 unspecified atom stereocenters. The topological polar surface area (TPSA) is 51.0 Å². The van der Waals surface area contributed by atoms with Gasteiger partial charge in [0, 0.05) is 18.5 Å². The van der Waals surface area contributed by atoms with Crippen molar-refractivity contribution in [3.63, 3.8) is 0 Å². The fourth-order valence-electron chi connectivity index (χ4n) is 1.52. The second-order valence-corrected chi connectivity index (χ2v) is 3.46. The molecule has 2 heterocycles. The van der Waals surface area contributed by atoms with Gasteiger partial charge in [-0.1, -0.05) is 18.2 Å². The molecule has 1 aromatic rings. The number of rotatable bonds is 3. The average molecular weight is 193 g/mol. The van der Waals surface area contributed by atoms with Gasteiger partial charge in [-0.2, -0.15) is 4.98 Å². The summed E-state index contributed by atoms with van der Waals surface area (Å²) in [5.74, 6) is 1.50. The van der Waals surface area contributed by atoms with Crippen LogP contribution in [0.5, 0.6) is 0 Å². The van der Waals surface area contributed by atoms with Crippen molar-refractivity contribution in [3.8, 4) is 0 Å². The van der Waals surface area contributed by atoms with Gasteiger partial charge in [-0.3, -0.25) is 0 Å². The summed E-state index contributed by atoms with van der Waals surface area (Å²) in [4.78, 5) is 4.34. The minimum atomic E-state index is 0.681. The van der Waals surface area contributed by atoms with Crippen LogP contribution in [0.4, 0.5) is 0 Å². The van der Waals surface area contributed by atoms with Crippen molar-refractivity contribution in [2.24, 2.45) is 0 Å². The molecule has 0 aliphatic carbocycles. The summed E-state index contributed by atoms with van der Waals surface area (Å²) >= 11 is 0. The Kier molecular flexibility index (Phi) is 2.93. The predicted octanol–water partition coefficient (Wildman–Crippen LogP) is 1.40. The smallest absolute Gasteiger partial charge is 0.254 e. The minimum absolute atomic E-state index is 0.681. The van der Waals surface area contributed by atoms with E-state index in [4.69, 9.17) is 4.52 Å². The molecule has 4 nitrogen and oxygen atoms in total. The fourth-order valence-corrected chi connectivity index (χ4v) is 1.52. The molecule has 0 atom stereocenters. The Morgan fingerprint density at radius 1 is 1.57 bits per heavy atom. The summed E-state index contributed by atoms with van der Waals surface area (Å²) < 4.78 is 5.19. The summed E-state index contributed by atoms with van der Waals surface area (Å²) in [6, 6.07) is 0. The third kappa shape index (κ3) is 2.01. The van der Waals surface area contributed by atoms with Crippen LogP contribution in [-0.4, -0.2) is 23.2 Å². The Labute approximate surface area is 83.4 Å². The largest absolute Gasteiger partial charge is 0.334 e. The summed E-state index contributed by atoms with van der Waals surface area (Å²) in [6.07, 6.45) is 5.15. The molecular weight excluding hydrogens is 178 g/mol. The second kappa shape index (κ2) is 4.37. The van der Waals surface area contributed by atoms with Crippen LogP contribution in [0.2, 0.25) is 0 Å². The number of aryl methyl sites for hydroxylation is 1. The van der Waals surface area contributed by atoms with E-state index in [-0.39, 0.29) is 0 Å². The normalized spacial score (nSPS) is 16.8. The van der Waals surface area contributed by atoms with Gasteiger partial charge < -0.3 is 9.84 Å². The standard InChI is InChI=1S/C10H15N3O/c1-2-4-9-12-10(14-13-9)8-5-3-6-11-7-8/h5,11H,2-4,6-7H2,1H3. The predicted molar refractivity (Wildman–Crippen MR) is 53.8 cm³/mol. The van der Waals surface area contributed by atoms with Crippen molar-refractivity contribution in [2.75, 3.05) is 13.1 Å². The zero-order chi connectivity index (χ0) is 9.80. The third-order valence-corrected chi connectivity index (χ3v) is 2.24. The Balaban J connectivity index is 2.11. The van der Waals surface area contributed by atoms with E-state index >= 15 is 0 Å². The lowest BCUT2D eigenvalue weighted by Crippen LogP contribution is -2.21. The fraction of sp³-hybridized carbons (Fsp3) is 0.600. The molecule has 0 saturated carbocycles. The second-order valence-electron chi connectivity index (χ2n) is 3.46. The highest BCUT2D eigenvalue weighted by atomic mass is 16.5. The SMILES string of the molecule is CCCc1noc(C2=CCCNC2)n1. The molecule has 14 heavy (non-hydrogen) atoms. The van der Waals surface area contributed by atoms with Crippen molar-refractivity contribution < 1.29 is 4.52 Å². The molecule has 0 radical (unpaired) electrons. The van der Waals surface area contributed by atoms with Crippen LogP contribution in [0.25, 0.3) is 5.57 Å².